The summed E-state index contributed by atoms with van der Waals surface area (Å²) in [5.41, 5.74) is 7.93. The average molecular weight is 265 g/mol. The molecule has 9 nitrogen and oxygen atoms in total. The molecule has 1 aromatic heterocycles. The number of hydrazine groups is 1. The molecule has 0 saturated carbocycles. The fourth-order valence-electron chi connectivity index (χ4n) is 1.99. The number of amides is 2. The minimum absolute atomic E-state index is 0.0127. The van der Waals surface area contributed by atoms with Crippen LogP contribution in [-0.4, -0.2) is 34.4 Å². The largest absolute Gasteiger partial charge is 0.368 e. The highest BCUT2D eigenvalue weighted by Crippen LogP contribution is 2.21. The number of nitrogens with two attached hydrogens (primary N) is 2. The highest BCUT2D eigenvalue weighted by molar-refractivity contribution is 6.04. The van der Waals surface area contributed by atoms with Crippen LogP contribution < -0.4 is 27.2 Å². The molecule has 1 atom stereocenters. The summed E-state index contributed by atoms with van der Waals surface area (Å²) in [4.78, 5) is 32.7. The highest BCUT2D eigenvalue weighted by Gasteiger charge is 2.33. The van der Waals surface area contributed by atoms with E-state index in [-0.39, 0.29) is 24.3 Å². The van der Waals surface area contributed by atoms with Crippen molar-refractivity contribution in [3.63, 3.8) is 0 Å². The van der Waals surface area contributed by atoms with Crippen LogP contribution in [0.25, 0.3) is 0 Å². The zero-order chi connectivity index (χ0) is 14.0. The van der Waals surface area contributed by atoms with E-state index in [1.807, 2.05) is 6.92 Å². The Kier molecular flexibility index (Phi) is 3.47. The van der Waals surface area contributed by atoms with Gasteiger partial charge in [-0.1, -0.05) is 6.92 Å². The molecule has 2 heterocycles. The van der Waals surface area contributed by atoms with Gasteiger partial charge in [-0.3, -0.25) is 14.9 Å². The Bertz CT molecular complexity index is 519. The Morgan fingerprint density at radius 3 is 2.89 bits per heavy atom. The monoisotopic (exact) mass is 265 g/mol. The third-order valence-electron chi connectivity index (χ3n) is 2.81. The average Bonchev–Trinajstić information content (AvgIpc) is 2.37. The molecule has 2 rings (SSSR count). The summed E-state index contributed by atoms with van der Waals surface area (Å²) in [7, 11) is 0. The van der Waals surface area contributed by atoms with Gasteiger partial charge in [0.1, 0.15) is 17.7 Å². The molecule has 2 amide bonds. The summed E-state index contributed by atoms with van der Waals surface area (Å²) in [6, 6.07) is 1.06. The van der Waals surface area contributed by atoms with Crippen molar-refractivity contribution >= 4 is 29.4 Å². The van der Waals surface area contributed by atoms with Crippen LogP contribution in [0.5, 0.6) is 0 Å². The van der Waals surface area contributed by atoms with E-state index in [4.69, 9.17) is 11.6 Å². The minimum atomic E-state index is -0.474. The van der Waals surface area contributed by atoms with Crippen molar-refractivity contribution in [3.8, 4) is 0 Å². The summed E-state index contributed by atoms with van der Waals surface area (Å²) in [5, 5.41) is 2.29. The molecule has 19 heavy (non-hydrogen) atoms. The molecule has 1 aliphatic heterocycles. The first kappa shape index (κ1) is 13.0. The van der Waals surface area contributed by atoms with Gasteiger partial charge in [0, 0.05) is 6.07 Å². The van der Waals surface area contributed by atoms with Crippen molar-refractivity contribution < 1.29 is 9.59 Å². The van der Waals surface area contributed by atoms with E-state index < -0.39 is 6.04 Å². The van der Waals surface area contributed by atoms with E-state index in [0.717, 1.165) is 0 Å². The second-order valence-electron chi connectivity index (χ2n) is 4.08. The number of aromatic nitrogens is 2. The van der Waals surface area contributed by atoms with Crippen LogP contribution in [0.1, 0.15) is 13.3 Å². The second-order valence-corrected chi connectivity index (χ2v) is 4.08. The Morgan fingerprint density at radius 2 is 2.26 bits per heavy atom. The van der Waals surface area contributed by atoms with E-state index in [0.29, 0.717) is 18.1 Å². The van der Waals surface area contributed by atoms with Gasteiger partial charge < -0.3 is 16.1 Å². The maximum absolute atomic E-state index is 11.8. The Labute approximate surface area is 109 Å². The van der Waals surface area contributed by atoms with Crippen LogP contribution in [0.3, 0.4) is 0 Å². The van der Waals surface area contributed by atoms with Crippen molar-refractivity contribution in [2.45, 2.75) is 19.4 Å². The summed E-state index contributed by atoms with van der Waals surface area (Å²) < 4.78 is 0. The molecule has 0 aliphatic carbocycles. The molecule has 6 N–H and O–H groups in total. The maximum Gasteiger partial charge on any atom is 0.249 e. The molecule has 0 bridgehead atoms. The van der Waals surface area contributed by atoms with Gasteiger partial charge in [-0.25, -0.2) is 5.84 Å². The Hall–Kier alpha value is -2.42. The van der Waals surface area contributed by atoms with Crippen LogP contribution in [0.2, 0.25) is 0 Å². The number of piperazine rings is 1. The van der Waals surface area contributed by atoms with E-state index in [2.05, 4.69) is 20.7 Å². The zero-order valence-electron chi connectivity index (χ0n) is 10.4. The molecular weight excluding hydrogens is 250 g/mol. The van der Waals surface area contributed by atoms with E-state index in [9.17, 15) is 9.59 Å². The Morgan fingerprint density at radius 1 is 1.53 bits per heavy atom. The van der Waals surface area contributed by atoms with Crippen LogP contribution in [-0.2, 0) is 9.59 Å². The first-order valence-corrected chi connectivity index (χ1v) is 5.76. The zero-order valence-corrected chi connectivity index (χ0v) is 10.4. The quantitative estimate of drug-likeness (QED) is 0.297. The number of rotatable bonds is 3. The number of hydrogen-bond acceptors (Lipinski definition) is 8. The molecule has 1 fully saturated rings. The molecule has 1 unspecified atom stereocenters. The predicted molar refractivity (Wildman–Crippen MR) is 68.8 cm³/mol. The highest BCUT2D eigenvalue weighted by atomic mass is 16.2. The van der Waals surface area contributed by atoms with Crippen LogP contribution in [0, 0.1) is 0 Å². The van der Waals surface area contributed by atoms with Crippen molar-refractivity contribution in [3.05, 3.63) is 6.07 Å². The molecule has 0 aromatic carbocycles. The van der Waals surface area contributed by atoms with Crippen LogP contribution in [0.4, 0.5) is 17.6 Å². The van der Waals surface area contributed by atoms with Crippen molar-refractivity contribution in [1.29, 1.82) is 0 Å². The predicted octanol–water partition coefficient (Wildman–Crippen LogP) is -1.41. The van der Waals surface area contributed by atoms with Gasteiger partial charge in [-0.15, -0.1) is 0 Å². The molecule has 102 valence electrons. The summed E-state index contributed by atoms with van der Waals surface area (Å²) in [6.45, 7) is 1.88. The lowest BCUT2D eigenvalue weighted by Gasteiger charge is -2.34. The fourth-order valence-corrected chi connectivity index (χ4v) is 1.99. The van der Waals surface area contributed by atoms with Crippen LogP contribution in [0.15, 0.2) is 6.07 Å². The number of nitrogens with zero attached hydrogens (tertiary/aromatic N) is 3. The third kappa shape index (κ3) is 2.55. The van der Waals surface area contributed by atoms with Gasteiger partial charge in [-0.2, -0.15) is 9.97 Å². The molecular formula is C10H15N7O2. The lowest BCUT2D eigenvalue weighted by Crippen LogP contribution is -2.58. The minimum Gasteiger partial charge on any atom is -0.368 e. The fraction of sp³-hybridized carbons (Fsp3) is 0.400. The van der Waals surface area contributed by atoms with Crippen LogP contribution >= 0.6 is 0 Å². The van der Waals surface area contributed by atoms with Gasteiger partial charge in [0.2, 0.25) is 17.8 Å². The lowest BCUT2D eigenvalue weighted by atomic mass is 10.1. The lowest BCUT2D eigenvalue weighted by molar-refractivity contribution is -0.132. The SMILES string of the molecule is CCC1C(=O)NC(=O)CN1c1cc(NN)nc(N)n1. The summed E-state index contributed by atoms with van der Waals surface area (Å²) >= 11 is 0. The number of carbonyl (C=O) groups excluding carboxylic acids is 2. The first-order valence-electron chi connectivity index (χ1n) is 5.76. The van der Waals surface area contributed by atoms with E-state index in [1.165, 1.54) is 6.07 Å². The van der Waals surface area contributed by atoms with Crippen molar-refractivity contribution in [1.82, 2.24) is 15.3 Å². The van der Waals surface area contributed by atoms with Crippen molar-refractivity contribution in [2.75, 3.05) is 22.6 Å². The third-order valence-corrected chi connectivity index (χ3v) is 2.81. The van der Waals surface area contributed by atoms with Crippen molar-refractivity contribution in [2.24, 2.45) is 5.84 Å². The molecule has 9 heteroatoms. The normalized spacial score (nSPS) is 19.3. The number of nitrogens with one attached hydrogen (secondary N) is 2. The number of carbonyl (C=O) groups is 2. The molecule has 1 aliphatic rings. The van der Waals surface area contributed by atoms with Gasteiger partial charge in [0.25, 0.3) is 0 Å². The Balaban J connectivity index is 2.39. The van der Waals surface area contributed by atoms with E-state index in [1.54, 1.807) is 4.90 Å². The molecule has 1 saturated heterocycles. The van der Waals surface area contributed by atoms with E-state index >= 15 is 0 Å². The standard InChI is InChI=1S/C10H15N7O2/c1-2-5-9(19)15-8(18)4-17(5)7-3-6(16-12)13-10(11)14-7/h3,5H,2,4,12H2,1H3,(H,15,18,19)(H3,11,13,14,16). The first-order chi connectivity index (χ1) is 9.05. The van der Waals surface area contributed by atoms with Gasteiger partial charge in [0.05, 0.1) is 6.54 Å². The van der Waals surface area contributed by atoms with Gasteiger partial charge in [0.15, 0.2) is 0 Å². The van der Waals surface area contributed by atoms with Gasteiger partial charge >= 0.3 is 0 Å². The smallest absolute Gasteiger partial charge is 0.249 e. The summed E-state index contributed by atoms with van der Waals surface area (Å²) in [5.74, 6) is 5.26. The number of imide groups is 1. The summed E-state index contributed by atoms with van der Waals surface area (Å²) in [6.07, 6.45) is 0.536. The van der Waals surface area contributed by atoms with Gasteiger partial charge in [-0.05, 0) is 6.42 Å². The number of hydrogen-bond donors (Lipinski definition) is 4. The topological polar surface area (TPSA) is 139 Å². The molecule has 0 spiro atoms. The number of nitrogen functional groups attached to an aromatic ring is 2. The maximum atomic E-state index is 11.8. The molecule has 1 aromatic rings. The molecule has 0 radical (unpaired) electrons. The second kappa shape index (κ2) is 5.06. The number of anilines is 3.